The first-order valence-corrected chi connectivity index (χ1v) is 8.78. The minimum Gasteiger partial charge on any atom is -0.393 e. The third kappa shape index (κ3) is 5.77. The number of nitrogens with one attached hydrogen (secondary N) is 1. The van der Waals surface area contributed by atoms with Crippen LogP contribution in [0.4, 0.5) is 0 Å². The predicted octanol–water partition coefficient (Wildman–Crippen LogP) is 3.18. The molecule has 0 aliphatic carbocycles. The second-order valence-electron chi connectivity index (χ2n) is 6.18. The fourth-order valence-corrected chi connectivity index (χ4v) is 3.22. The average molecular weight is 332 g/mol. The van der Waals surface area contributed by atoms with Gasteiger partial charge in [0.15, 0.2) is 0 Å². The zero-order chi connectivity index (χ0) is 16.8. The minimum atomic E-state index is -0.336. The van der Waals surface area contributed by atoms with E-state index in [0.29, 0.717) is 19.4 Å². The van der Waals surface area contributed by atoms with Crippen LogP contribution in [0.25, 0.3) is 10.6 Å². The van der Waals surface area contributed by atoms with E-state index in [-0.39, 0.29) is 17.9 Å². The first kappa shape index (κ1) is 17.6. The molecular weight excluding hydrogens is 308 g/mol. The molecule has 0 saturated heterocycles. The molecule has 23 heavy (non-hydrogen) atoms. The normalized spacial score (nSPS) is 13.6. The van der Waals surface area contributed by atoms with Crippen LogP contribution < -0.4 is 5.32 Å². The molecule has 124 valence electrons. The second-order valence-corrected chi connectivity index (χ2v) is 7.04. The summed E-state index contributed by atoms with van der Waals surface area (Å²) in [7, 11) is 0. The number of carbonyl (C=O) groups excluding carboxylic acids is 1. The van der Waals surface area contributed by atoms with E-state index in [9.17, 15) is 9.90 Å². The number of hydrogen-bond acceptors (Lipinski definition) is 4. The summed E-state index contributed by atoms with van der Waals surface area (Å²) in [6.07, 6.45) is 0.649. The Labute approximate surface area is 141 Å². The molecule has 0 saturated carbocycles. The van der Waals surface area contributed by atoms with Gasteiger partial charge in [-0.25, -0.2) is 4.98 Å². The fraction of sp³-hybridized carbons (Fsp3) is 0.444. The maximum absolute atomic E-state index is 12.0. The lowest BCUT2D eigenvalue weighted by Gasteiger charge is -2.13. The molecule has 0 fully saturated rings. The van der Waals surface area contributed by atoms with Gasteiger partial charge in [-0.15, -0.1) is 11.3 Å². The van der Waals surface area contributed by atoms with E-state index in [2.05, 4.69) is 41.5 Å². The smallest absolute Gasteiger partial charge is 0.226 e. The number of rotatable bonds is 7. The first-order valence-electron chi connectivity index (χ1n) is 7.90. The monoisotopic (exact) mass is 332 g/mol. The van der Waals surface area contributed by atoms with Crippen molar-refractivity contribution in [3.8, 4) is 10.6 Å². The van der Waals surface area contributed by atoms with Crippen molar-refractivity contribution in [3.05, 3.63) is 40.9 Å². The quantitative estimate of drug-likeness (QED) is 0.818. The Balaban J connectivity index is 1.86. The van der Waals surface area contributed by atoms with Gasteiger partial charge in [-0.3, -0.25) is 4.79 Å². The Morgan fingerprint density at radius 3 is 2.65 bits per heavy atom. The van der Waals surface area contributed by atoms with Gasteiger partial charge in [0.25, 0.3) is 0 Å². The molecule has 0 radical (unpaired) electrons. The number of benzene rings is 1. The molecule has 2 aromatic rings. The van der Waals surface area contributed by atoms with E-state index in [4.69, 9.17) is 0 Å². The van der Waals surface area contributed by atoms with Crippen LogP contribution in [0, 0.1) is 12.8 Å². The molecule has 2 unspecified atom stereocenters. The number of aryl methyl sites for hydroxylation is 1. The van der Waals surface area contributed by atoms with Crippen LogP contribution in [0.5, 0.6) is 0 Å². The van der Waals surface area contributed by atoms with Gasteiger partial charge in [-0.05, 0) is 26.2 Å². The summed E-state index contributed by atoms with van der Waals surface area (Å²) in [5.41, 5.74) is 3.10. The topological polar surface area (TPSA) is 62.2 Å². The standard InChI is InChI=1S/C18H24N2O2S/c1-12-4-6-15(7-5-12)18-20-16(11-23-18)9-17(22)19-10-13(2)8-14(3)21/h4-7,11,13-14,21H,8-10H2,1-3H3,(H,19,22). The van der Waals surface area contributed by atoms with Crippen LogP contribution >= 0.6 is 11.3 Å². The Bertz CT molecular complexity index is 635. The van der Waals surface area contributed by atoms with Gasteiger partial charge in [-0.1, -0.05) is 36.8 Å². The Kier molecular flexibility index (Phi) is 6.30. The zero-order valence-electron chi connectivity index (χ0n) is 13.9. The number of aliphatic hydroxyl groups is 1. The highest BCUT2D eigenvalue weighted by atomic mass is 32.1. The molecule has 2 N–H and O–H groups in total. The number of carbonyl (C=O) groups is 1. The van der Waals surface area contributed by atoms with E-state index in [1.165, 1.54) is 5.56 Å². The number of aromatic nitrogens is 1. The summed E-state index contributed by atoms with van der Waals surface area (Å²) in [5, 5.41) is 15.1. The minimum absolute atomic E-state index is 0.0248. The van der Waals surface area contributed by atoms with Crippen molar-refractivity contribution >= 4 is 17.2 Å². The molecule has 1 aromatic carbocycles. The molecule has 0 aliphatic rings. The summed E-state index contributed by atoms with van der Waals surface area (Å²) >= 11 is 1.56. The zero-order valence-corrected chi connectivity index (χ0v) is 14.7. The molecule has 5 heteroatoms. The number of amides is 1. The molecule has 2 atom stereocenters. The maximum Gasteiger partial charge on any atom is 0.226 e. The van der Waals surface area contributed by atoms with Crippen molar-refractivity contribution in [2.45, 2.75) is 39.7 Å². The maximum atomic E-state index is 12.0. The summed E-state index contributed by atoms with van der Waals surface area (Å²) in [6.45, 7) is 6.42. The molecule has 0 bridgehead atoms. The third-order valence-corrected chi connectivity index (χ3v) is 4.52. The van der Waals surface area contributed by atoms with Crippen molar-refractivity contribution < 1.29 is 9.90 Å². The Hall–Kier alpha value is -1.72. The number of nitrogens with zero attached hydrogens (tertiary/aromatic N) is 1. The van der Waals surface area contributed by atoms with Gasteiger partial charge >= 0.3 is 0 Å². The van der Waals surface area contributed by atoms with E-state index in [1.54, 1.807) is 18.3 Å². The third-order valence-electron chi connectivity index (χ3n) is 3.58. The van der Waals surface area contributed by atoms with Gasteiger partial charge in [0, 0.05) is 17.5 Å². The highest BCUT2D eigenvalue weighted by molar-refractivity contribution is 7.13. The molecule has 1 aromatic heterocycles. The van der Waals surface area contributed by atoms with E-state index in [0.717, 1.165) is 16.3 Å². The van der Waals surface area contributed by atoms with Crippen LogP contribution in [-0.2, 0) is 11.2 Å². The van der Waals surface area contributed by atoms with Crippen LogP contribution in [0.15, 0.2) is 29.6 Å². The van der Waals surface area contributed by atoms with Crippen molar-refractivity contribution in [3.63, 3.8) is 0 Å². The summed E-state index contributed by atoms with van der Waals surface area (Å²) in [5.74, 6) is 0.237. The summed E-state index contributed by atoms with van der Waals surface area (Å²) < 4.78 is 0. The molecule has 1 amide bonds. The van der Waals surface area contributed by atoms with Crippen molar-refractivity contribution in [1.82, 2.24) is 10.3 Å². The molecular formula is C18H24N2O2S. The van der Waals surface area contributed by atoms with Crippen molar-refractivity contribution in [2.75, 3.05) is 6.54 Å². The molecule has 1 heterocycles. The van der Waals surface area contributed by atoms with Gasteiger partial charge in [0.05, 0.1) is 18.2 Å². The fourth-order valence-electron chi connectivity index (χ4n) is 2.40. The van der Waals surface area contributed by atoms with Gasteiger partial charge in [0.2, 0.25) is 5.91 Å². The van der Waals surface area contributed by atoms with Crippen LogP contribution in [-0.4, -0.2) is 28.6 Å². The van der Waals surface area contributed by atoms with Gasteiger partial charge in [-0.2, -0.15) is 0 Å². The van der Waals surface area contributed by atoms with E-state index >= 15 is 0 Å². The lowest BCUT2D eigenvalue weighted by molar-refractivity contribution is -0.120. The number of thiazole rings is 1. The summed E-state index contributed by atoms with van der Waals surface area (Å²) in [4.78, 5) is 16.5. The SMILES string of the molecule is Cc1ccc(-c2nc(CC(=O)NCC(C)CC(C)O)cs2)cc1. The van der Waals surface area contributed by atoms with E-state index < -0.39 is 0 Å². The second kappa shape index (κ2) is 8.22. The summed E-state index contributed by atoms with van der Waals surface area (Å²) in [6, 6.07) is 8.23. The highest BCUT2D eigenvalue weighted by Crippen LogP contribution is 2.24. The van der Waals surface area contributed by atoms with Crippen molar-refractivity contribution in [1.29, 1.82) is 0 Å². The lowest BCUT2D eigenvalue weighted by Crippen LogP contribution is -2.30. The molecule has 0 aliphatic heterocycles. The Morgan fingerprint density at radius 1 is 1.30 bits per heavy atom. The molecule has 0 spiro atoms. The molecule has 4 nitrogen and oxygen atoms in total. The lowest BCUT2D eigenvalue weighted by atomic mass is 10.0. The number of hydrogen-bond donors (Lipinski definition) is 2. The van der Waals surface area contributed by atoms with Crippen LogP contribution in [0.3, 0.4) is 0 Å². The predicted molar refractivity (Wildman–Crippen MR) is 94.5 cm³/mol. The van der Waals surface area contributed by atoms with Crippen LogP contribution in [0.2, 0.25) is 0 Å². The van der Waals surface area contributed by atoms with Gasteiger partial charge < -0.3 is 10.4 Å². The molecule has 2 rings (SSSR count). The van der Waals surface area contributed by atoms with Crippen LogP contribution in [0.1, 0.15) is 31.5 Å². The first-order chi connectivity index (χ1) is 10.9. The highest BCUT2D eigenvalue weighted by Gasteiger charge is 2.11. The van der Waals surface area contributed by atoms with Crippen molar-refractivity contribution in [2.24, 2.45) is 5.92 Å². The number of aliphatic hydroxyl groups excluding tert-OH is 1. The largest absolute Gasteiger partial charge is 0.393 e. The van der Waals surface area contributed by atoms with Gasteiger partial charge in [0.1, 0.15) is 5.01 Å². The average Bonchev–Trinajstić information content (AvgIpc) is 2.93. The Morgan fingerprint density at radius 2 is 2.00 bits per heavy atom. The van der Waals surface area contributed by atoms with E-state index in [1.807, 2.05) is 12.3 Å².